The van der Waals surface area contributed by atoms with Crippen LogP contribution in [-0.2, 0) is 19.1 Å². The Bertz CT molecular complexity index is 473. The Morgan fingerprint density at radius 1 is 1.04 bits per heavy atom. The zero-order chi connectivity index (χ0) is 16.9. The molecular weight excluding hydrogens is 312 g/mol. The van der Waals surface area contributed by atoms with Crippen molar-refractivity contribution in [1.29, 1.82) is 0 Å². The van der Waals surface area contributed by atoms with Gasteiger partial charge in [0.25, 0.3) is 0 Å². The first-order valence-electron chi connectivity index (χ1n) is 8.75. The highest BCUT2D eigenvalue weighted by Gasteiger charge is 2.49. The topological polar surface area (TPSA) is 82.2 Å². The maximum absolute atomic E-state index is 12.4. The van der Waals surface area contributed by atoms with E-state index in [9.17, 15) is 14.4 Å². The summed E-state index contributed by atoms with van der Waals surface area (Å²) >= 11 is 0. The van der Waals surface area contributed by atoms with E-state index in [1.165, 1.54) is 0 Å². The van der Waals surface area contributed by atoms with E-state index in [0.717, 1.165) is 39.3 Å². The molecule has 3 rings (SSSR count). The normalized spacial score (nSPS) is 27.7. The molecule has 2 heterocycles. The fourth-order valence-corrected chi connectivity index (χ4v) is 3.33. The monoisotopic (exact) mass is 338 g/mol. The van der Waals surface area contributed by atoms with Crippen molar-refractivity contribution in [3.05, 3.63) is 0 Å². The molecule has 3 amide bonds. The molecule has 8 nitrogen and oxygen atoms in total. The first kappa shape index (κ1) is 17.2. The standard InChI is InChI=1S/C16H26N4O4/c21-12-19-3-5-20(6-4-19)16(23)14-11-13(14)15(22)17-1-2-18-7-9-24-10-8-18/h12-14H,1-11H2,(H,17,22). The van der Waals surface area contributed by atoms with Gasteiger partial charge in [-0.2, -0.15) is 0 Å². The SMILES string of the molecule is O=CN1CCN(C(=O)C2CC2C(=O)NCCN2CCOCC2)CC1. The van der Waals surface area contributed by atoms with Crippen LogP contribution in [0.1, 0.15) is 6.42 Å². The van der Waals surface area contributed by atoms with Crippen LogP contribution >= 0.6 is 0 Å². The Balaban J connectivity index is 1.34. The molecule has 0 bridgehead atoms. The molecule has 3 fully saturated rings. The van der Waals surface area contributed by atoms with Crippen molar-refractivity contribution >= 4 is 18.2 Å². The molecule has 0 radical (unpaired) electrons. The lowest BCUT2D eigenvalue weighted by Crippen LogP contribution is -2.49. The number of hydrogen-bond acceptors (Lipinski definition) is 5. The number of ether oxygens (including phenoxy) is 1. The molecule has 1 saturated carbocycles. The van der Waals surface area contributed by atoms with Gasteiger partial charge < -0.3 is 19.9 Å². The molecule has 2 saturated heterocycles. The number of morpholine rings is 1. The Hall–Kier alpha value is -1.67. The summed E-state index contributed by atoms with van der Waals surface area (Å²) in [4.78, 5) is 41.0. The van der Waals surface area contributed by atoms with Crippen molar-refractivity contribution in [2.75, 3.05) is 65.6 Å². The second-order valence-electron chi connectivity index (χ2n) is 6.66. The van der Waals surface area contributed by atoms with E-state index in [2.05, 4.69) is 10.2 Å². The molecule has 134 valence electrons. The molecule has 0 aromatic heterocycles. The van der Waals surface area contributed by atoms with Gasteiger partial charge in [-0.25, -0.2) is 0 Å². The van der Waals surface area contributed by atoms with E-state index < -0.39 is 0 Å². The van der Waals surface area contributed by atoms with E-state index in [1.54, 1.807) is 9.80 Å². The molecule has 3 aliphatic rings. The largest absolute Gasteiger partial charge is 0.379 e. The smallest absolute Gasteiger partial charge is 0.226 e. The Kier molecular flexibility index (Phi) is 5.68. The van der Waals surface area contributed by atoms with Crippen molar-refractivity contribution in [1.82, 2.24) is 20.0 Å². The Labute approximate surface area is 142 Å². The summed E-state index contributed by atoms with van der Waals surface area (Å²) in [6.45, 7) is 7.08. The van der Waals surface area contributed by atoms with E-state index in [4.69, 9.17) is 4.74 Å². The molecule has 0 aromatic rings. The van der Waals surface area contributed by atoms with Gasteiger partial charge in [-0.05, 0) is 6.42 Å². The molecular formula is C16H26N4O4. The van der Waals surface area contributed by atoms with E-state index in [1.807, 2.05) is 0 Å². The van der Waals surface area contributed by atoms with Crippen LogP contribution in [0.5, 0.6) is 0 Å². The first-order valence-corrected chi connectivity index (χ1v) is 8.75. The van der Waals surface area contributed by atoms with E-state index >= 15 is 0 Å². The molecule has 2 atom stereocenters. The number of amides is 3. The van der Waals surface area contributed by atoms with Crippen LogP contribution in [0.2, 0.25) is 0 Å². The van der Waals surface area contributed by atoms with Crippen LogP contribution in [0.15, 0.2) is 0 Å². The van der Waals surface area contributed by atoms with Crippen molar-refractivity contribution < 1.29 is 19.1 Å². The maximum atomic E-state index is 12.4. The van der Waals surface area contributed by atoms with Gasteiger partial charge in [0.05, 0.1) is 25.0 Å². The molecule has 1 aliphatic carbocycles. The fraction of sp³-hybridized carbons (Fsp3) is 0.812. The summed E-state index contributed by atoms with van der Waals surface area (Å²) in [5.74, 6) is -0.288. The predicted octanol–water partition coefficient (Wildman–Crippen LogP) is -1.63. The number of carbonyl (C=O) groups excluding carboxylic acids is 3. The molecule has 2 aliphatic heterocycles. The molecule has 8 heteroatoms. The molecule has 1 N–H and O–H groups in total. The summed E-state index contributed by atoms with van der Waals surface area (Å²) < 4.78 is 5.29. The van der Waals surface area contributed by atoms with Crippen molar-refractivity contribution in [3.63, 3.8) is 0 Å². The van der Waals surface area contributed by atoms with Crippen molar-refractivity contribution in [3.8, 4) is 0 Å². The average molecular weight is 338 g/mol. The fourth-order valence-electron chi connectivity index (χ4n) is 3.33. The predicted molar refractivity (Wildman–Crippen MR) is 86.1 cm³/mol. The van der Waals surface area contributed by atoms with Crippen molar-refractivity contribution in [2.24, 2.45) is 11.8 Å². The van der Waals surface area contributed by atoms with Gasteiger partial charge in [0.2, 0.25) is 18.2 Å². The van der Waals surface area contributed by atoms with Crippen molar-refractivity contribution in [2.45, 2.75) is 6.42 Å². The third-order valence-electron chi connectivity index (χ3n) is 5.05. The van der Waals surface area contributed by atoms with Crippen LogP contribution < -0.4 is 5.32 Å². The van der Waals surface area contributed by atoms with Gasteiger partial charge >= 0.3 is 0 Å². The third-order valence-corrected chi connectivity index (χ3v) is 5.05. The molecule has 24 heavy (non-hydrogen) atoms. The van der Waals surface area contributed by atoms with Gasteiger partial charge in [0.15, 0.2) is 0 Å². The van der Waals surface area contributed by atoms with Crippen LogP contribution in [0, 0.1) is 11.8 Å². The van der Waals surface area contributed by atoms with Gasteiger partial charge in [0.1, 0.15) is 0 Å². The van der Waals surface area contributed by atoms with Crippen LogP contribution in [-0.4, -0.2) is 98.5 Å². The highest BCUT2D eigenvalue weighted by atomic mass is 16.5. The lowest BCUT2D eigenvalue weighted by Gasteiger charge is -2.32. The summed E-state index contributed by atoms with van der Waals surface area (Å²) in [5.41, 5.74) is 0. The Morgan fingerprint density at radius 2 is 1.75 bits per heavy atom. The van der Waals surface area contributed by atoms with Crippen LogP contribution in [0.3, 0.4) is 0 Å². The molecule has 2 unspecified atom stereocenters. The summed E-state index contributed by atoms with van der Waals surface area (Å²) in [6.07, 6.45) is 1.47. The third kappa shape index (κ3) is 4.24. The summed E-state index contributed by atoms with van der Waals surface area (Å²) in [5, 5.41) is 2.95. The summed E-state index contributed by atoms with van der Waals surface area (Å²) in [6, 6.07) is 0. The minimum Gasteiger partial charge on any atom is -0.379 e. The highest BCUT2D eigenvalue weighted by Crippen LogP contribution is 2.40. The average Bonchev–Trinajstić information content (AvgIpc) is 3.43. The minimum absolute atomic E-state index is 0.00635. The number of hydrogen-bond donors (Lipinski definition) is 1. The minimum atomic E-state index is -0.175. The lowest BCUT2D eigenvalue weighted by atomic mass is 10.2. The molecule has 0 aromatic carbocycles. The van der Waals surface area contributed by atoms with Gasteiger partial charge in [-0.1, -0.05) is 0 Å². The van der Waals surface area contributed by atoms with Crippen LogP contribution in [0.25, 0.3) is 0 Å². The van der Waals surface area contributed by atoms with Gasteiger partial charge in [-0.15, -0.1) is 0 Å². The first-order chi connectivity index (χ1) is 11.7. The van der Waals surface area contributed by atoms with Gasteiger partial charge in [0, 0.05) is 52.4 Å². The number of nitrogens with one attached hydrogen (secondary N) is 1. The van der Waals surface area contributed by atoms with E-state index in [0.29, 0.717) is 39.1 Å². The lowest BCUT2D eigenvalue weighted by molar-refractivity contribution is -0.137. The quantitative estimate of drug-likeness (QED) is 0.588. The highest BCUT2D eigenvalue weighted by molar-refractivity contribution is 5.92. The van der Waals surface area contributed by atoms with Crippen LogP contribution in [0.4, 0.5) is 0 Å². The number of nitrogens with zero attached hydrogens (tertiary/aromatic N) is 3. The zero-order valence-electron chi connectivity index (χ0n) is 14.0. The number of piperazine rings is 1. The molecule has 0 spiro atoms. The Morgan fingerprint density at radius 3 is 2.42 bits per heavy atom. The second-order valence-corrected chi connectivity index (χ2v) is 6.66. The number of rotatable bonds is 6. The zero-order valence-corrected chi connectivity index (χ0v) is 14.0. The van der Waals surface area contributed by atoms with E-state index in [-0.39, 0.29) is 23.7 Å². The maximum Gasteiger partial charge on any atom is 0.226 e. The second kappa shape index (κ2) is 7.94. The summed E-state index contributed by atoms with van der Waals surface area (Å²) in [7, 11) is 0. The number of carbonyl (C=O) groups is 3. The van der Waals surface area contributed by atoms with Gasteiger partial charge in [-0.3, -0.25) is 19.3 Å².